The summed E-state index contributed by atoms with van der Waals surface area (Å²) in [4.78, 5) is 0. The summed E-state index contributed by atoms with van der Waals surface area (Å²) < 4.78 is 27.9. The Hall–Kier alpha value is -1.00. The number of alkyl halides is 1. The molecule has 39 heavy (non-hydrogen) atoms. The first-order valence-corrected chi connectivity index (χ1v) is 17.5. The number of unbranched alkanes of at least 4 members (excludes halogenated alkanes) is 2. The van der Waals surface area contributed by atoms with E-state index >= 15 is 0 Å². The van der Waals surface area contributed by atoms with Crippen LogP contribution in [0.25, 0.3) is 0 Å². The van der Waals surface area contributed by atoms with Crippen LogP contribution < -0.4 is 18.9 Å². The lowest BCUT2D eigenvalue weighted by molar-refractivity contribution is -0.00273. The number of rotatable bonds is 14. The summed E-state index contributed by atoms with van der Waals surface area (Å²) in [7, 11) is 0. The van der Waals surface area contributed by atoms with Gasteiger partial charge in [-0.2, -0.15) is 0 Å². The Labute approximate surface area is 252 Å². The average Bonchev–Trinajstić information content (AvgIpc) is 3.65. The Morgan fingerprint density at radius 3 is 1.85 bits per heavy atom. The number of hydrogen-bond donors (Lipinski definition) is 1. The maximum Gasteiger partial charge on any atom is 0.172 e. The fraction of sp³-hybridized carbons (Fsp3) is 0.733. The second-order valence-electron chi connectivity index (χ2n) is 10.0. The van der Waals surface area contributed by atoms with Gasteiger partial charge in [0.05, 0.1) is 13.2 Å². The highest BCUT2D eigenvalue weighted by molar-refractivity contribution is 9.09. The molecule has 2 aromatic rings. The molecule has 6 nitrogen and oxygen atoms in total. The monoisotopic (exact) mass is 648 g/mol. The largest absolute Gasteiger partial charge is 0.485 e. The highest BCUT2D eigenvalue weighted by Crippen LogP contribution is 2.36. The lowest BCUT2D eigenvalue weighted by atomic mass is 10.0. The number of aliphatic hydroxyl groups is 1. The van der Waals surface area contributed by atoms with Crippen molar-refractivity contribution in [2.24, 2.45) is 11.8 Å². The predicted octanol–water partition coefficient (Wildman–Crippen LogP) is 8.60. The van der Waals surface area contributed by atoms with Crippen molar-refractivity contribution in [3.8, 4) is 23.0 Å². The molecule has 1 N–H and O–H groups in total. The Bertz CT molecular complexity index is 856. The van der Waals surface area contributed by atoms with Gasteiger partial charge in [-0.05, 0) is 24.7 Å². The molecule has 0 bridgehead atoms. The highest BCUT2D eigenvalue weighted by atomic mass is 79.9. The molecule has 224 valence electrons. The molecule has 0 spiro atoms. The summed E-state index contributed by atoms with van der Waals surface area (Å²) in [5.74, 6) is 4.88. The molecule has 0 fully saturated rings. The van der Waals surface area contributed by atoms with Crippen molar-refractivity contribution in [2.45, 2.75) is 91.3 Å². The molecule has 0 radical (unpaired) electrons. The van der Waals surface area contributed by atoms with Crippen molar-refractivity contribution in [3.05, 3.63) is 21.5 Å². The zero-order valence-electron chi connectivity index (χ0n) is 24.2. The fourth-order valence-electron chi connectivity index (χ4n) is 4.04. The lowest BCUT2D eigenvalue weighted by Crippen LogP contribution is -2.33. The minimum Gasteiger partial charge on any atom is -0.485 e. The Balaban J connectivity index is 0.000000226. The smallest absolute Gasteiger partial charge is 0.172 e. The van der Waals surface area contributed by atoms with Crippen molar-refractivity contribution in [1.82, 2.24) is 0 Å². The molecule has 4 atom stereocenters. The molecule has 2 aliphatic heterocycles. The van der Waals surface area contributed by atoms with Crippen LogP contribution in [0.15, 0.2) is 21.5 Å². The normalized spacial score (nSPS) is 18.7. The molecule has 0 saturated heterocycles. The zero-order valence-corrected chi connectivity index (χ0v) is 27.4. The fourth-order valence-corrected chi connectivity index (χ4v) is 6.17. The summed E-state index contributed by atoms with van der Waals surface area (Å²) >= 11 is 6.65. The van der Waals surface area contributed by atoms with E-state index in [0.717, 1.165) is 35.5 Å². The van der Waals surface area contributed by atoms with Gasteiger partial charge in [-0.1, -0.05) is 82.1 Å². The van der Waals surface area contributed by atoms with Crippen LogP contribution in [0.5, 0.6) is 23.0 Å². The third kappa shape index (κ3) is 13.0. The van der Waals surface area contributed by atoms with Gasteiger partial charge >= 0.3 is 0 Å². The van der Waals surface area contributed by atoms with E-state index in [1.165, 1.54) is 68.0 Å². The van der Waals surface area contributed by atoms with Gasteiger partial charge in [0.15, 0.2) is 35.2 Å². The van der Waals surface area contributed by atoms with Crippen LogP contribution in [0, 0.1) is 11.8 Å². The minimum atomic E-state index is -0.197. The van der Waals surface area contributed by atoms with Crippen molar-refractivity contribution < 1.29 is 28.8 Å². The van der Waals surface area contributed by atoms with Crippen molar-refractivity contribution in [3.63, 3.8) is 0 Å². The standard InChI is InChI=1S/C15H24O3S.C8H17Br.C7H8O3S/c1-3-5-6-12(4-2)7-16-8-13-9-17-14-10-19-11-15(14)18-13;1-3-5-6-8(4-2)7-9;8-1-5-2-9-6-3-11-4-7(6)10-5/h10-13H,3-9H2,1-2H3;8H,3-7H2,1-2H3;3-5,8H,1-2H2. The van der Waals surface area contributed by atoms with E-state index in [9.17, 15) is 0 Å². The van der Waals surface area contributed by atoms with Gasteiger partial charge < -0.3 is 28.8 Å². The van der Waals surface area contributed by atoms with Crippen LogP contribution in [0.2, 0.25) is 0 Å². The van der Waals surface area contributed by atoms with Crippen molar-refractivity contribution in [1.29, 1.82) is 0 Å². The first-order valence-electron chi connectivity index (χ1n) is 14.5. The molecule has 0 aromatic carbocycles. The van der Waals surface area contributed by atoms with Gasteiger partial charge in [-0.3, -0.25) is 0 Å². The van der Waals surface area contributed by atoms with Gasteiger partial charge in [-0.15, -0.1) is 22.7 Å². The molecule has 9 heteroatoms. The summed E-state index contributed by atoms with van der Waals surface area (Å²) in [6.07, 6.45) is 10.3. The Morgan fingerprint density at radius 1 is 0.821 bits per heavy atom. The zero-order chi connectivity index (χ0) is 28.3. The molecule has 4 heterocycles. The number of ether oxygens (including phenoxy) is 5. The Morgan fingerprint density at radius 2 is 1.33 bits per heavy atom. The minimum absolute atomic E-state index is 0.00921. The molecule has 2 aromatic heterocycles. The number of fused-ring (bicyclic) bond motifs is 2. The average molecular weight is 650 g/mol. The number of thiophene rings is 2. The molecule has 0 amide bonds. The summed E-state index contributed by atoms with van der Waals surface area (Å²) in [6, 6.07) is 0. The van der Waals surface area contributed by atoms with E-state index in [1.807, 2.05) is 21.5 Å². The van der Waals surface area contributed by atoms with Crippen LogP contribution >= 0.6 is 38.6 Å². The van der Waals surface area contributed by atoms with Crippen LogP contribution in [0.3, 0.4) is 0 Å². The molecular weight excluding hydrogens is 600 g/mol. The van der Waals surface area contributed by atoms with Crippen molar-refractivity contribution >= 4 is 38.6 Å². The molecule has 2 aliphatic rings. The van der Waals surface area contributed by atoms with Gasteiger partial charge in [0.2, 0.25) is 0 Å². The van der Waals surface area contributed by atoms with E-state index in [-0.39, 0.29) is 18.8 Å². The van der Waals surface area contributed by atoms with Gasteiger partial charge in [0, 0.05) is 33.5 Å². The third-order valence-electron chi connectivity index (χ3n) is 6.79. The van der Waals surface area contributed by atoms with E-state index < -0.39 is 0 Å². The third-order valence-corrected chi connectivity index (χ3v) is 9.10. The van der Waals surface area contributed by atoms with Gasteiger partial charge in [0.25, 0.3) is 0 Å². The topological polar surface area (TPSA) is 66.4 Å². The highest BCUT2D eigenvalue weighted by Gasteiger charge is 2.22. The van der Waals surface area contributed by atoms with E-state index in [1.54, 1.807) is 11.3 Å². The molecule has 4 rings (SSSR count). The predicted molar refractivity (Wildman–Crippen MR) is 167 cm³/mol. The lowest BCUT2D eigenvalue weighted by Gasteiger charge is -2.25. The van der Waals surface area contributed by atoms with Crippen LogP contribution in [0.1, 0.15) is 79.1 Å². The van der Waals surface area contributed by atoms with Crippen molar-refractivity contribution in [2.75, 3.05) is 38.4 Å². The summed E-state index contributed by atoms with van der Waals surface area (Å²) in [6.45, 7) is 11.5. The SMILES string of the molecule is CCCCC(CC)CBr.CCCCC(CC)COCC1COc2cscc2O1.OCC1COc2cscc2O1. The molecular formula is C30H49BrO6S2. The molecule has 0 saturated carbocycles. The number of halogens is 1. The number of hydrogen-bond acceptors (Lipinski definition) is 8. The van der Waals surface area contributed by atoms with Crippen LogP contribution in [-0.4, -0.2) is 55.7 Å². The van der Waals surface area contributed by atoms with Crippen LogP contribution in [-0.2, 0) is 4.74 Å². The first-order chi connectivity index (χ1) is 19.1. The van der Waals surface area contributed by atoms with E-state index in [4.69, 9.17) is 28.8 Å². The quantitative estimate of drug-likeness (QED) is 0.207. The van der Waals surface area contributed by atoms with Crippen LogP contribution in [0.4, 0.5) is 0 Å². The van der Waals surface area contributed by atoms with E-state index in [2.05, 4.69) is 43.6 Å². The van der Waals surface area contributed by atoms with E-state index in [0.29, 0.717) is 25.7 Å². The maximum absolute atomic E-state index is 8.75. The molecule has 4 unspecified atom stereocenters. The second-order valence-corrected chi connectivity index (χ2v) is 12.1. The Kier molecular flexibility index (Phi) is 18.3. The van der Waals surface area contributed by atoms with Gasteiger partial charge in [-0.25, -0.2) is 0 Å². The number of aliphatic hydroxyl groups excluding tert-OH is 1. The van der Waals surface area contributed by atoms with Gasteiger partial charge in [0.1, 0.15) is 13.2 Å². The summed E-state index contributed by atoms with van der Waals surface area (Å²) in [5.41, 5.74) is 0. The molecule has 0 aliphatic carbocycles. The second kappa shape index (κ2) is 20.8. The first kappa shape index (κ1) is 34.2. The summed E-state index contributed by atoms with van der Waals surface area (Å²) in [5, 5.41) is 17.7. The maximum atomic E-state index is 8.75.